The summed E-state index contributed by atoms with van der Waals surface area (Å²) in [7, 11) is 0. The van der Waals surface area contributed by atoms with Crippen LogP contribution in [0.2, 0.25) is 0 Å². The van der Waals surface area contributed by atoms with Crippen molar-refractivity contribution < 1.29 is 24.5 Å². The van der Waals surface area contributed by atoms with Crippen molar-refractivity contribution in [2.75, 3.05) is 13.2 Å². The van der Waals surface area contributed by atoms with Crippen molar-refractivity contribution in [1.82, 2.24) is 5.32 Å². The molecule has 2 unspecified atom stereocenters. The van der Waals surface area contributed by atoms with Gasteiger partial charge < -0.3 is 20.3 Å². The summed E-state index contributed by atoms with van der Waals surface area (Å²) in [4.78, 5) is 24.6. The average molecular weight is 1210 g/mol. The van der Waals surface area contributed by atoms with Crippen molar-refractivity contribution in [2.45, 2.75) is 463 Å². The van der Waals surface area contributed by atoms with E-state index in [2.05, 4.69) is 43.5 Å². The van der Waals surface area contributed by atoms with Crippen LogP contribution in [0.1, 0.15) is 450 Å². The Morgan fingerprint density at radius 1 is 0.326 bits per heavy atom. The van der Waals surface area contributed by atoms with Gasteiger partial charge in [0.1, 0.15) is 0 Å². The monoisotopic (exact) mass is 1210 g/mol. The second-order valence-corrected chi connectivity index (χ2v) is 27.4. The van der Waals surface area contributed by atoms with Crippen LogP contribution < -0.4 is 5.32 Å². The minimum Gasteiger partial charge on any atom is -0.466 e. The lowest BCUT2D eigenvalue weighted by molar-refractivity contribution is -0.143. The van der Waals surface area contributed by atoms with Gasteiger partial charge in [-0.25, -0.2) is 0 Å². The molecule has 1 amide bonds. The maximum Gasteiger partial charge on any atom is 0.305 e. The van der Waals surface area contributed by atoms with Crippen LogP contribution in [0.25, 0.3) is 0 Å². The SMILES string of the molecule is CCCCCCCCCCCCCCCCCCCCCCC(O)C(CO)NC(=O)CCCCCCCCCCCCCCCCCCC/C=C\C/C=C\CCCCCCCCCCCCCCCOC(=O)CCCCCCCCCCCCCC. The Morgan fingerprint density at radius 3 is 0.884 bits per heavy atom. The predicted octanol–water partition coefficient (Wildman–Crippen LogP) is 26.0. The van der Waals surface area contributed by atoms with E-state index in [9.17, 15) is 19.8 Å². The zero-order chi connectivity index (χ0) is 62.0. The van der Waals surface area contributed by atoms with Crippen LogP contribution in [0.5, 0.6) is 0 Å². The van der Waals surface area contributed by atoms with Crippen molar-refractivity contribution in [1.29, 1.82) is 0 Å². The maximum absolute atomic E-state index is 12.6. The number of carbonyl (C=O) groups is 2. The van der Waals surface area contributed by atoms with Gasteiger partial charge >= 0.3 is 5.97 Å². The number of esters is 1. The third kappa shape index (κ3) is 71.4. The number of unbranched alkanes of at least 4 members (excludes halogenated alkanes) is 60. The van der Waals surface area contributed by atoms with Gasteiger partial charge in [-0.1, -0.05) is 404 Å². The van der Waals surface area contributed by atoms with Gasteiger partial charge in [0.15, 0.2) is 0 Å². The van der Waals surface area contributed by atoms with Crippen LogP contribution in [-0.4, -0.2) is 47.4 Å². The largest absolute Gasteiger partial charge is 0.466 e. The maximum atomic E-state index is 12.6. The summed E-state index contributed by atoms with van der Waals surface area (Å²) in [5.74, 6) is -0.00684. The molecule has 0 aromatic heterocycles. The molecule has 0 aliphatic heterocycles. The molecule has 0 radical (unpaired) electrons. The molecular formula is C80H155NO5. The second kappa shape index (κ2) is 75.8. The highest BCUT2D eigenvalue weighted by atomic mass is 16.5. The van der Waals surface area contributed by atoms with Gasteiger partial charge in [0.2, 0.25) is 5.91 Å². The normalized spacial score (nSPS) is 12.6. The molecule has 0 aliphatic rings. The Bertz CT molecular complexity index is 1350. The molecule has 0 aromatic carbocycles. The molecule has 2 atom stereocenters. The van der Waals surface area contributed by atoms with E-state index in [1.165, 1.54) is 372 Å². The lowest BCUT2D eigenvalue weighted by Gasteiger charge is -2.22. The fourth-order valence-corrected chi connectivity index (χ4v) is 12.7. The second-order valence-electron chi connectivity index (χ2n) is 27.4. The lowest BCUT2D eigenvalue weighted by Crippen LogP contribution is -2.45. The predicted molar refractivity (Wildman–Crippen MR) is 380 cm³/mol. The standard InChI is InChI=1S/C80H155NO5/c1-3-5-7-9-11-13-15-17-18-19-20-40-43-46-49-52-56-60-64-68-72-78(83)77(76-82)81-79(84)73-69-65-61-57-53-50-47-44-41-38-36-34-32-30-28-26-24-22-21-23-25-27-29-31-33-35-37-39-42-45-48-51-55-59-63-67-71-75-86-80(85)74-70-66-62-58-54-16-14-12-10-8-6-4-2/h21,23,27,29,77-78,82-83H,3-20,22,24-26,28,30-76H2,1-2H3,(H,81,84)/b23-21-,29-27-. The number of aliphatic hydroxyl groups is 2. The van der Waals surface area contributed by atoms with E-state index in [4.69, 9.17) is 4.74 Å². The number of aliphatic hydroxyl groups excluding tert-OH is 2. The van der Waals surface area contributed by atoms with Crippen LogP contribution in [0.4, 0.5) is 0 Å². The summed E-state index contributed by atoms with van der Waals surface area (Å²) < 4.78 is 5.49. The molecule has 0 fully saturated rings. The third-order valence-corrected chi connectivity index (χ3v) is 18.8. The highest BCUT2D eigenvalue weighted by molar-refractivity contribution is 5.76. The highest BCUT2D eigenvalue weighted by Gasteiger charge is 2.20. The Kier molecular flexibility index (Phi) is 74.3. The Morgan fingerprint density at radius 2 is 0.581 bits per heavy atom. The number of hydrogen-bond acceptors (Lipinski definition) is 5. The number of hydrogen-bond donors (Lipinski definition) is 3. The number of nitrogens with one attached hydrogen (secondary N) is 1. The zero-order valence-electron chi connectivity index (χ0n) is 58.6. The van der Waals surface area contributed by atoms with Crippen LogP contribution in [0.3, 0.4) is 0 Å². The van der Waals surface area contributed by atoms with E-state index in [-0.39, 0.29) is 18.5 Å². The minimum absolute atomic E-state index is 0.0203. The quantitative estimate of drug-likeness (QED) is 0.0320. The molecule has 0 heterocycles. The first-order chi connectivity index (χ1) is 42.5. The molecular weight excluding hydrogens is 1050 g/mol. The van der Waals surface area contributed by atoms with E-state index in [0.29, 0.717) is 25.9 Å². The average Bonchev–Trinajstić information content (AvgIpc) is 3.60. The summed E-state index contributed by atoms with van der Waals surface area (Å²) in [5, 5.41) is 23.4. The first kappa shape index (κ1) is 84.3. The smallest absolute Gasteiger partial charge is 0.305 e. The molecule has 0 saturated carbocycles. The van der Waals surface area contributed by atoms with Crippen LogP contribution >= 0.6 is 0 Å². The minimum atomic E-state index is -0.663. The summed E-state index contributed by atoms with van der Waals surface area (Å²) in [5.41, 5.74) is 0. The summed E-state index contributed by atoms with van der Waals surface area (Å²) in [6.07, 6.45) is 97.0. The van der Waals surface area contributed by atoms with Gasteiger partial charge in [-0.15, -0.1) is 0 Å². The highest BCUT2D eigenvalue weighted by Crippen LogP contribution is 2.20. The first-order valence-corrected chi connectivity index (χ1v) is 39.6. The third-order valence-electron chi connectivity index (χ3n) is 18.8. The van der Waals surface area contributed by atoms with Crippen LogP contribution in [0, 0.1) is 0 Å². The van der Waals surface area contributed by atoms with Crippen molar-refractivity contribution in [3.63, 3.8) is 0 Å². The first-order valence-electron chi connectivity index (χ1n) is 39.6. The molecule has 3 N–H and O–H groups in total. The number of allylic oxidation sites excluding steroid dienone is 4. The van der Waals surface area contributed by atoms with Crippen molar-refractivity contribution in [3.8, 4) is 0 Å². The molecule has 0 aromatic rings. The van der Waals surface area contributed by atoms with Crippen LogP contribution in [0.15, 0.2) is 24.3 Å². The van der Waals surface area contributed by atoms with Gasteiger partial charge in [0.25, 0.3) is 0 Å². The molecule has 0 spiro atoms. The summed E-state index contributed by atoms with van der Waals surface area (Å²) in [6, 6.07) is -0.540. The molecule has 0 bridgehead atoms. The van der Waals surface area contributed by atoms with Crippen LogP contribution in [-0.2, 0) is 14.3 Å². The number of carbonyl (C=O) groups excluding carboxylic acids is 2. The Labute approximate surface area is 539 Å². The number of amides is 1. The van der Waals surface area contributed by atoms with E-state index >= 15 is 0 Å². The van der Waals surface area contributed by atoms with Gasteiger partial charge in [-0.05, 0) is 57.8 Å². The molecule has 510 valence electrons. The summed E-state index contributed by atoms with van der Waals surface area (Å²) >= 11 is 0. The van der Waals surface area contributed by atoms with E-state index in [0.717, 1.165) is 44.9 Å². The van der Waals surface area contributed by atoms with Crippen molar-refractivity contribution in [3.05, 3.63) is 24.3 Å². The van der Waals surface area contributed by atoms with Gasteiger partial charge in [0.05, 0.1) is 25.4 Å². The molecule has 0 saturated heterocycles. The lowest BCUT2D eigenvalue weighted by atomic mass is 10.0. The van der Waals surface area contributed by atoms with E-state index in [1.54, 1.807) is 0 Å². The molecule has 0 aliphatic carbocycles. The molecule has 0 rings (SSSR count). The summed E-state index contributed by atoms with van der Waals surface area (Å²) in [6.45, 7) is 5.00. The van der Waals surface area contributed by atoms with E-state index < -0.39 is 12.1 Å². The molecule has 6 heteroatoms. The zero-order valence-corrected chi connectivity index (χ0v) is 58.6. The Hall–Kier alpha value is -1.66. The number of rotatable bonds is 75. The topological polar surface area (TPSA) is 95.9 Å². The fourth-order valence-electron chi connectivity index (χ4n) is 12.7. The van der Waals surface area contributed by atoms with E-state index in [1.807, 2.05) is 0 Å². The van der Waals surface area contributed by atoms with Gasteiger partial charge in [0, 0.05) is 12.8 Å². The van der Waals surface area contributed by atoms with Crippen molar-refractivity contribution in [2.24, 2.45) is 0 Å². The van der Waals surface area contributed by atoms with Gasteiger partial charge in [-0.2, -0.15) is 0 Å². The van der Waals surface area contributed by atoms with Gasteiger partial charge in [-0.3, -0.25) is 9.59 Å². The number of ether oxygens (including phenoxy) is 1. The van der Waals surface area contributed by atoms with Crippen molar-refractivity contribution >= 4 is 11.9 Å². The molecule has 86 heavy (non-hydrogen) atoms. The Balaban J connectivity index is 3.36. The molecule has 6 nitrogen and oxygen atoms in total. The fraction of sp³-hybridized carbons (Fsp3) is 0.925.